The van der Waals surface area contributed by atoms with E-state index in [2.05, 4.69) is 40.2 Å². The maximum atomic E-state index is 4.74. The second-order valence-corrected chi connectivity index (χ2v) is 7.42. The molecule has 1 N–H and O–H groups in total. The van der Waals surface area contributed by atoms with Gasteiger partial charge in [-0.25, -0.2) is 19.9 Å². The standard InChI is InChI=1S/C17H19N5S/c1-9-7-10(2)20-16-14(9)17(19-8-18-16)22-12-5-4-6-13-15(12)21-11(3)23-13/h7-8,12H,4-6H2,1-3H3,(H,18,19,20,22). The summed E-state index contributed by atoms with van der Waals surface area (Å²) in [5, 5.41) is 5.76. The smallest absolute Gasteiger partial charge is 0.165 e. The highest BCUT2D eigenvalue weighted by Crippen LogP contribution is 2.36. The van der Waals surface area contributed by atoms with Crippen molar-refractivity contribution in [3.8, 4) is 0 Å². The number of aryl methyl sites for hydroxylation is 4. The SMILES string of the molecule is Cc1cc(C)c2c(NC3CCCc4sc(C)nc43)ncnc2n1. The van der Waals surface area contributed by atoms with Gasteiger partial charge in [-0.2, -0.15) is 0 Å². The number of nitrogens with zero attached hydrogens (tertiary/aromatic N) is 4. The molecule has 3 aromatic rings. The van der Waals surface area contributed by atoms with Crippen molar-refractivity contribution in [2.75, 3.05) is 5.32 Å². The largest absolute Gasteiger partial charge is 0.361 e. The predicted octanol–water partition coefficient (Wildman–Crippen LogP) is 3.90. The molecule has 1 atom stereocenters. The van der Waals surface area contributed by atoms with E-state index in [1.54, 1.807) is 6.33 Å². The molecule has 3 aromatic heterocycles. The van der Waals surface area contributed by atoms with Gasteiger partial charge >= 0.3 is 0 Å². The van der Waals surface area contributed by atoms with Crippen molar-refractivity contribution in [1.29, 1.82) is 0 Å². The Labute approximate surface area is 139 Å². The number of thiazole rings is 1. The molecule has 0 bridgehead atoms. The Hall–Kier alpha value is -2.08. The second kappa shape index (κ2) is 5.53. The van der Waals surface area contributed by atoms with Gasteiger partial charge in [-0.05, 0) is 51.7 Å². The third-order valence-corrected chi connectivity index (χ3v) is 5.35. The first-order chi connectivity index (χ1) is 11.1. The molecule has 0 radical (unpaired) electrons. The van der Waals surface area contributed by atoms with Gasteiger partial charge < -0.3 is 5.32 Å². The fourth-order valence-electron chi connectivity index (χ4n) is 3.36. The zero-order chi connectivity index (χ0) is 16.0. The fraction of sp³-hybridized carbons (Fsp3) is 0.412. The highest BCUT2D eigenvalue weighted by molar-refractivity contribution is 7.11. The number of aromatic nitrogens is 4. The molecule has 0 amide bonds. The molecule has 118 valence electrons. The molecule has 6 heteroatoms. The van der Waals surface area contributed by atoms with Crippen LogP contribution in [0.2, 0.25) is 0 Å². The van der Waals surface area contributed by atoms with Crippen LogP contribution in [-0.2, 0) is 6.42 Å². The molecule has 0 fully saturated rings. The summed E-state index contributed by atoms with van der Waals surface area (Å²) in [5.74, 6) is 0.864. The topological polar surface area (TPSA) is 63.6 Å². The molecule has 5 nitrogen and oxygen atoms in total. The quantitative estimate of drug-likeness (QED) is 0.774. The number of nitrogens with one attached hydrogen (secondary N) is 1. The Morgan fingerprint density at radius 1 is 1.17 bits per heavy atom. The Morgan fingerprint density at radius 3 is 2.91 bits per heavy atom. The van der Waals surface area contributed by atoms with Gasteiger partial charge in [-0.15, -0.1) is 11.3 Å². The van der Waals surface area contributed by atoms with Crippen molar-refractivity contribution in [3.63, 3.8) is 0 Å². The zero-order valence-electron chi connectivity index (χ0n) is 13.6. The van der Waals surface area contributed by atoms with Crippen molar-refractivity contribution in [3.05, 3.63) is 39.2 Å². The molecule has 0 aliphatic heterocycles. The van der Waals surface area contributed by atoms with E-state index in [4.69, 9.17) is 4.98 Å². The molecule has 4 rings (SSSR count). The van der Waals surface area contributed by atoms with Crippen LogP contribution in [0.25, 0.3) is 11.0 Å². The Kier molecular flexibility index (Phi) is 3.49. The molecule has 0 saturated carbocycles. The fourth-order valence-corrected chi connectivity index (χ4v) is 4.40. The summed E-state index contributed by atoms with van der Waals surface area (Å²) < 4.78 is 0. The van der Waals surface area contributed by atoms with E-state index >= 15 is 0 Å². The first kappa shape index (κ1) is 14.5. The maximum absolute atomic E-state index is 4.74. The number of fused-ring (bicyclic) bond motifs is 2. The summed E-state index contributed by atoms with van der Waals surface area (Å²) in [4.78, 5) is 19.5. The minimum absolute atomic E-state index is 0.225. The summed E-state index contributed by atoms with van der Waals surface area (Å²) in [6.07, 6.45) is 5.00. The number of pyridine rings is 1. The van der Waals surface area contributed by atoms with Crippen LogP contribution in [0.3, 0.4) is 0 Å². The molecule has 23 heavy (non-hydrogen) atoms. The van der Waals surface area contributed by atoms with E-state index in [1.165, 1.54) is 17.0 Å². The average Bonchev–Trinajstić information content (AvgIpc) is 2.88. The number of rotatable bonds is 2. The second-order valence-electron chi connectivity index (χ2n) is 6.13. The summed E-state index contributed by atoms with van der Waals surface area (Å²) in [7, 11) is 0. The number of anilines is 1. The van der Waals surface area contributed by atoms with Crippen LogP contribution in [0.4, 0.5) is 5.82 Å². The van der Waals surface area contributed by atoms with Crippen LogP contribution in [0, 0.1) is 20.8 Å². The van der Waals surface area contributed by atoms with E-state index in [0.717, 1.165) is 46.0 Å². The maximum Gasteiger partial charge on any atom is 0.165 e. The average molecular weight is 325 g/mol. The Balaban J connectivity index is 1.77. The molecular weight excluding hydrogens is 306 g/mol. The van der Waals surface area contributed by atoms with Crippen LogP contribution in [-0.4, -0.2) is 19.9 Å². The van der Waals surface area contributed by atoms with Crippen LogP contribution >= 0.6 is 11.3 Å². The molecule has 1 aliphatic carbocycles. The van der Waals surface area contributed by atoms with Gasteiger partial charge in [-0.1, -0.05) is 0 Å². The summed E-state index contributed by atoms with van der Waals surface area (Å²) in [6.45, 7) is 6.16. The van der Waals surface area contributed by atoms with Crippen molar-refractivity contribution in [2.24, 2.45) is 0 Å². The lowest BCUT2D eigenvalue weighted by Crippen LogP contribution is -2.18. The minimum atomic E-state index is 0.225. The van der Waals surface area contributed by atoms with Crippen molar-refractivity contribution in [2.45, 2.75) is 46.1 Å². The van der Waals surface area contributed by atoms with Gasteiger partial charge in [0.2, 0.25) is 0 Å². The highest BCUT2D eigenvalue weighted by atomic mass is 32.1. The lowest BCUT2D eigenvalue weighted by Gasteiger charge is -2.23. The van der Waals surface area contributed by atoms with Crippen LogP contribution < -0.4 is 5.32 Å². The number of hydrogen-bond acceptors (Lipinski definition) is 6. The predicted molar refractivity (Wildman–Crippen MR) is 93.0 cm³/mol. The van der Waals surface area contributed by atoms with Gasteiger partial charge in [0, 0.05) is 10.6 Å². The van der Waals surface area contributed by atoms with Gasteiger partial charge in [0.1, 0.15) is 12.1 Å². The highest BCUT2D eigenvalue weighted by Gasteiger charge is 2.25. The lowest BCUT2D eigenvalue weighted by molar-refractivity contribution is 0.592. The Morgan fingerprint density at radius 2 is 2.04 bits per heavy atom. The molecular formula is C17H19N5S. The van der Waals surface area contributed by atoms with E-state index in [0.29, 0.717) is 0 Å². The van der Waals surface area contributed by atoms with E-state index in [1.807, 2.05) is 18.3 Å². The third-order valence-electron chi connectivity index (χ3n) is 4.30. The molecule has 0 saturated heterocycles. The van der Waals surface area contributed by atoms with Crippen LogP contribution in [0.1, 0.15) is 45.7 Å². The van der Waals surface area contributed by atoms with Crippen LogP contribution in [0.5, 0.6) is 0 Å². The summed E-state index contributed by atoms with van der Waals surface area (Å²) >= 11 is 1.82. The van der Waals surface area contributed by atoms with E-state index < -0.39 is 0 Å². The monoisotopic (exact) mass is 325 g/mol. The normalized spacial score (nSPS) is 17.3. The van der Waals surface area contributed by atoms with E-state index in [9.17, 15) is 0 Å². The minimum Gasteiger partial charge on any atom is -0.361 e. The third kappa shape index (κ3) is 2.57. The van der Waals surface area contributed by atoms with Gasteiger partial charge in [0.25, 0.3) is 0 Å². The van der Waals surface area contributed by atoms with Crippen molar-refractivity contribution in [1.82, 2.24) is 19.9 Å². The van der Waals surface area contributed by atoms with E-state index in [-0.39, 0.29) is 6.04 Å². The summed E-state index contributed by atoms with van der Waals surface area (Å²) in [5.41, 5.74) is 4.09. The van der Waals surface area contributed by atoms with Crippen LogP contribution in [0.15, 0.2) is 12.4 Å². The first-order valence-electron chi connectivity index (χ1n) is 7.93. The Bertz CT molecular complexity index is 886. The zero-order valence-corrected chi connectivity index (χ0v) is 14.4. The lowest BCUT2D eigenvalue weighted by atomic mass is 9.97. The molecule has 0 spiro atoms. The van der Waals surface area contributed by atoms with Gasteiger partial charge in [-0.3, -0.25) is 0 Å². The van der Waals surface area contributed by atoms with Crippen molar-refractivity contribution < 1.29 is 0 Å². The summed E-state index contributed by atoms with van der Waals surface area (Å²) in [6, 6.07) is 2.30. The first-order valence-corrected chi connectivity index (χ1v) is 8.75. The van der Waals surface area contributed by atoms with Gasteiger partial charge in [0.15, 0.2) is 5.65 Å². The molecule has 0 aromatic carbocycles. The molecule has 1 unspecified atom stereocenters. The van der Waals surface area contributed by atoms with Gasteiger partial charge in [0.05, 0.1) is 22.1 Å². The van der Waals surface area contributed by atoms with Crippen molar-refractivity contribution >= 4 is 28.2 Å². The molecule has 1 aliphatic rings. The molecule has 3 heterocycles. The number of hydrogen-bond donors (Lipinski definition) is 1.